The zero-order valence-electron chi connectivity index (χ0n) is 17.9. The molecule has 0 unspecified atom stereocenters. The van der Waals surface area contributed by atoms with Crippen LogP contribution in [0.4, 0.5) is 0 Å². The Labute approximate surface area is 217 Å². The average molecular weight is 554 g/mol. The molecule has 11 heteroatoms. The number of sulfonamides is 1. The molecule has 1 heterocycles. The van der Waals surface area contributed by atoms with Crippen molar-refractivity contribution < 1.29 is 8.42 Å². The fourth-order valence-electron chi connectivity index (χ4n) is 3.22. The van der Waals surface area contributed by atoms with Crippen molar-refractivity contribution in [1.29, 1.82) is 0 Å². The molecule has 1 aromatic heterocycles. The standard InChI is InChI=1S/C23H19Cl3N4O2S2/c1-15-3-2-4-16(11-15)14-33-23-29-28-22(30(23)21-10-7-18(25)12-20(21)26)13-27-34(31,32)19-8-5-17(24)6-9-19/h2-12,27H,13-14H2,1H3. The van der Waals surface area contributed by atoms with E-state index in [-0.39, 0.29) is 11.4 Å². The minimum absolute atomic E-state index is 0.0953. The Bertz CT molecular complexity index is 1420. The summed E-state index contributed by atoms with van der Waals surface area (Å²) in [6.45, 7) is 1.94. The monoisotopic (exact) mass is 552 g/mol. The molecule has 0 saturated carbocycles. The lowest BCUT2D eigenvalue weighted by molar-refractivity contribution is 0.578. The fraction of sp³-hybridized carbons (Fsp3) is 0.130. The van der Waals surface area contributed by atoms with Crippen LogP contribution in [-0.4, -0.2) is 23.2 Å². The smallest absolute Gasteiger partial charge is 0.240 e. The summed E-state index contributed by atoms with van der Waals surface area (Å²) >= 11 is 19.9. The molecule has 4 aromatic rings. The van der Waals surface area contributed by atoms with Gasteiger partial charge in [-0.2, -0.15) is 0 Å². The van der Waals surface area contributed by atoms with Gasteiger partial charge in [-0.1, -0.05) is 76.4 Å². The summed E-state index contributed by atoms with van der Waals surface area (Å²) in [4.78, 5) is 0.0986. The van der Waals surface area contributed by atoms with Crippen molar-refractivity contribution in [3.05, 3.63) is 98.7 Å². The highest BCUT2D eigenvalue weighted by molar-refractivity contribution is 7.98. The fourth-order valence-corrected chi connectivity index (χ4v) is 5.73. The van der Waals surface area contributed by atoms with Crippen LogP contribution in [0.2, 0.25) is 15.1 Å². The largest absolute Gasteiger partial charge is 0.271 e. The number of benzene rings is 3. The summed E-state index contributed by atoms with van der Waals surface area (Å²) < 4.78 is 29.8. The maximum atomic E-state index is 12.8. The molecule has 3 aromatic carbocycles. The van der Waals surface area contributed by atoms with E-state index in [1.807, 2.05) is 25.1 Å². The molecule has 4 rings (SSSR count). The highest BCUT2D eigenvalue weighted by Crippen LogP contribution is 2.31. The number of thioether (sulfide) groups is 1. The van der Waals surface area contributed by atoms with E-state index in [4.69, 9.17) is 34.8 Å². The summed E-state index contributed by atoms with van der Waals surface area (Å²) in [6, 6.07) is 19.2. The zero-order valence-corrected chi connectivity index (χ0v) is 21.8. The molecular weight excluding hydrogens is 535 g/mol. The Morgan fingerprint density at radius 2 is 1.68 bits per heavy atom. The van der Waals surface area contributed by atoms with Gasteiger partial charge in [-0.3, -0.25) is 4.57 Å². The minimum atomic E-state index is -3.79. The van der Waals surface area contributed by atoms with E-state index in [0.717, 1.165) is 11.1 Å². The van der Waals surface area contributed by atoms with Crippen molar-refractivity contribution in [3.8, 4) is 5.69 Å². The van der Waals surface area contributed by atoms with E-state index in [2.05, 4.69) is 21.0 Å². The van der Waals surface area contributed by atoms with Gasteiger partial charge in [0.1, 0.15) is 0 Å². The Morgan fingerprint density at radius 3 is 2.38 bits per heavy atom. The van der Waals surface area contributed by atoms with Gasteiger partial charge < -0.3 is 0 Å². The first-order valence-corrected chi connectivity index (χ1v) is 13.7. The number of aromatic nitrogens is 3. The summed E-state index contributed by atoms with van der Waals surface area (Å²) in [5.41, 5.74) is 2.90. The first-order chi connectivity index (χ1) is 16.2. The summed E-state index contributed by atoms with van der Waals surface area (Å²) in [6.07, 6.45) is 0. The molecule has 0 amide bonds. The third-order valence-corrected chi connectivity index (χ3v) is 8.05. The van der Waals surface area contributed by atoms with Gasteiger partial charge >= 0.3 is 0 Å². The van der Waals surface area contributed by atoms with Crippen molar-refractivity contribution in [2.24, 2.45) is 0 Å². The van der Waals surface area contributed by atoms with Gasteiger partial charge in [-0.15, -0.1) is 10.2 Å². The second kappa shape index (κ2) is 10.7. The van der Waals surface area contributed by atoms with E-state index in [1.54, 1.807) is 22.8 Å². The molecule has 176 valence electrons. The van der Waals surface area contributed by atoms with Gasteiger partial charge in [0.2, 0.25) is 10.0 Å². The number of hydrogen-bond acceptors (Lipinski definition) is 5. The van der Waals surface area contributed by atoms with Gasteiger partial charge in [0.05, 0.1) is 22.2 Å². The van der Waals surface area contributed by atoms with Gasteiger partial charge in [0, 0.05) is 15.8 Å². The van der Waals surface area contributed by atoms with E-state index in [1.165, 1.54) is 36.0 Å². The maximum absolute atomic E-state index is 12.8. The van der Waals surface area contributed by atoms with Crippen molar-refractivity contribution >= 4 is 56.6 Å². The number of nitrogens with one attached hydrogen (secondary N) is 1. The van der Waals surface area contributed by atoms with Gasteiger partial charge in [-0.25, -0.2) is 13.1 Å². The summed E-state index contributed by atoms with van der Waals surface area (Å²) in [5, 5.41) is 10.5. The molecule has 34 heavy (non-hydrogen) atoms. The normalized spacial score (nSPS) is 11.6. The van der Waals surface area contributed by atoms with Crippen LogP contribution >= 0.6 is 46.6 Å². The number of aryl methyl sites for hydroxylation is 1. The number of nitrogens with zero attached hydrogens (tertiary/aromatic N) is 3. The third kappa shape index (κ3) is 5.94. The quantitative estimate of drug-likeness (QED) is 0.259. The lowest BCUT2D eigenvalue weighted by atomic mass is 10.2. The molecule has 1 N–H and O–H groups in total. The minimum Gasteiger partial charge on any atom is -0.271 e. The summed E-state index contributed by atoms with van der Waals surface area (Å²) in [5.74, 6) is 1.04. The highest BCUT2D eigenvalue weighted by Gasteiger charge is 2.20. The molecular formula is C23H19Cl3N4O2S2. The molecule has 0 aliphatic carbocycles. The SMILES string of the molecule is Cc1cccc(CSc2nnc(CNS(=O)(=O)c3ccc(Cl)cc3)n2-c2ccc(Cl)cc2Cl)c1. The Kier molecular flexibility index (Phi) is 7.87. The van der Waals surface area contributed by atoms with Crippen LogP contribution in [0.3, 0.4) is 0 Å². The van der Waals surface area contributed by atoms with E-state index in [0.29, 0.717) is 37.5 Å². The van der Waals surface area contributed by atoms with Crippen LogP contribution in [-0.2, 0) is 22.3 Å². The van der Waals surface area contributed by atoms with E-state index in [9.17, 15) is 8.42 Å². The van der Waals surface area contributed by atoms with Crippen LogP contribution in [0.5, 0.6) is 0 Å². The van der Waals surface area contributed by atoms with Crippen LogP contribution in [0.1, 0.15) is 17.0 Å². The Balaban J connectivity index is 1.64. The first-order valence-electron chi connectivity index (χ1n) is 10.1. The first kappa shape index (κ1) is 25.0. The second-order valence-electron chi connectivity index (χ2n) is 7.39. The number of hydrogen-bond donors (Lipinski definition) is 1. The molecule has 0 fully saturated rings. The Hall–Kier alpha value is -2.07. The van der Waals surface area contributed by atoms with Crippen molar-refractivity contribution in [1.82, 2.24) is 19.5 Å². The van der Waals surface area contributed by atoms with Gasteiger partial charge in [0.25, 0.3) is 0 Å². The maximum Gasteiger partial charge on any atom is 0.240 e. The van der Waals surface area contributed by atoms with Crippen LogP contribution in [0.25, 0.3) is 5.69 Å². The molecule has 6 nitrogen and oxygen atoms in total. The number of rotatable bonds is 8. The molecule has 0 spiro atoms. The Morgan fingerprint density at radius 1 is 0.941 bits per heavy atom. The van der Waals surface area contributed by atoms with E-state index >= 15 is 0 Å². The molecule has 0 aliphatic heterocycles. The predicted molar refractivity (Wildman–Crippen MR) is 138 cm³/mol. The molecule has 0 atom stereocenters. The highest BCUT2D eigenvalue weighted by atomic mass is 35.5. The topological polar surface area (TPSA) is 76.9 Å². The zero-order chi connectivity index (χ0) is 24.3. The lowest BCUT2D eigenvalue weighted by Crippen LogP contribution is -2.25. The van der Waals surface area contributed by atoms with Crippen LogP contribution in [0.15, 0.2) is 76.8 Å². The van der Waals surface area contributed by atoms with Crippen LogP contribution < -0.4 is 4.72 Å². The molecule has 0 saturated heterocycles. The number of halogens is 3. The van der Waals surface area contributed by atoms with Crippen molar-refractivity contribution in [2.45, 2.75) is 29.3 Å². The van der Waals surface area contributed by atoms with Crippen molar-refractivity contribution in [2.75, 3.05) is 0 Å². The van der Waals surface area contributed by atoms with Gasteiger partial charge in [-0.05, 0) is 55.0 Å². The summed E-state index contributed by atoms with van der Waals surface area (Å²) in [7, 11) is -3.79. The van der Waals surface area contributed by atoms with Crippen LogP contribution in [0, 0.1) is 6.92 Å². The second-order valence-corrected chi connectivity index (χ2v) is 11.4. The van der Waals surface area contributed by atoms with Gasteiger partial charge in [0.15, 0.2) is 11.0 Å². The lowest BCUT2D eigenvalue weighted by Gasteiger charge is -2.13. The molecule has 0 radical (unpaired) electrons. The molecule has 0 bridgehead atoms. The van der Waals surface area contributed by atoms with Crippen molar-refractivity contribution in [3.63, 3.8) is 0 Å². The molecule has 0 aliphatic rings. The van der Waals surface area contributed by atoms with E-state index < -0.39 is 10.0 Å². The average Bonchev–Trinajstić information content (AvgIpc) is 3.19. The predicted octanol–water partition coefficient (Wildman–Crippen LogP) is 6.31. The third-order valence-electron chi connectivity index (χ3n) is 4.85.